The summed E-state index contributed by atoms with van der Waals surface area (Å²) in [5.74, 6) is 1.93. The van der Waals surface area contributed by atoms with Gasteiger partial charge in [0.1, 0.15) is 0 Å². The lowest BCUT2D eigenvalue weighted by atomic mass is 10.0. The van der Waals surface area contributed by atoms with Gasteiger partial charge in [-0.1, -0.05) is 13.8 Å². The summed E-state index contributed by atoms with van der Waals surface area (Å²) in [7, 11) is 3.26. The minimum absolute atomic E-state index is 0.258. The van der Waals surface area contributed by atoms with Crippen molar-refractivity contribution in [2.75, 3.05) is 26.1 Å². The van der Waals surface area contributed by atoms with Crippen molar-refractivity contribution in [3.05, 3.63) is 18.2 Å². The van der Waals surface area contributed by atoms with Crippen molar-refractivity contribution in [1.82, 2.24) is 0 Å². The van der Waals surface area contributed by atoms with E-state index in [4.69, 9.17) is 15.2 Å². The standard InChI is InChI=1S/C13H22N2O2/c1-9(2)11(8-14)15-10-5-6-12(16-3)13(7-10)17-4/h5-7,9,11,15H,8,14H2,1-4H3. The molecule has 4 heteroatoms. The van der Waals surface area contributed by atoms with Crippen LogP contribution in [0.3, 0.4) is 0 Å². The maximum absolute atomic E-state index is 5.73. The molecule has 0 amide bonds. The molecule has 0 saturated carbocycles. The molecule has 1 atom stereocenters. The first-order valence-corrected chi connectivity index (χ1v) is 5.81. The summed E-state index contributed by atoms with van der Waals surface area (Å²) in [6.07, 6.45) is 0. The van der Waals surface area contributed by atoms with Crippen LogP contribution in [0.1, 0.15) is 13.8 Å². The van der Waals surface area contributed by atoms with Gasteiger partial charge in [0.25, 0.3) is 0 Å². The Bertz CT molecular complexity index is 353. The summed E-state index contributed by atoms with van der Waals surface area (Å²) in [6, 6.07) is 6.03. The van der Waals surface area contributed by atoms with Gasteiger partial charge in [-0.05, 0) is 18.1 Å². The van der Waals surface area contributed by atoms with Gasteiger partial charge in [-0.15, -0.1) is 0 Å². The molecule has 0 aliphatic heterocycles. The molecule has 0 aliphatic carbocycles. The van der Waals surface area contributed by atoms with Crippen LogP contribution < -0.4 is 20.5 Å². The third-order valence-electron chi connectivity index (χ3n) is 2.79. The van der Waals surface area contributed by atoms with Gasteiger partial charge in [0, 0.05) is 24.3 Å². The number of nitrogens with two attached hydrogens (primary N) is 1. The van der Waals surface area contributed by atoms with Crippen molar-refractivity contribution in [2.24, 2.45) is 11.7 Å². The summed E-state index contributed by atoms with van der Waals surface area (Å²) in [4.78, 5) is 0. The Morgan fingerprint density at radius 2 is 1.82 bits per heavy atom. The number of hydrogen-bond acceptors (Lipinski definition) is 4. The average molecular weight is 238 g/mol. The van der Waals surface area contributed by atoms with E-state index in [9.17, 15) is 0 Å². The number of rotatable bonds is 6. The van der Waals surface area contributed by atoms with Crippen LogP contribution in [-0.4, -0.2) is 26.8 Å². The molecule has 0 heterocycles. The molecule has 0 saturated heterocycles. The molecule has 4 nitrogen and oxygen atoms in total. The molecule has 3 N–H and O–H groups in total. The van der Waals surface area contributed by atoms with Crippen LogP contribution in [0.4, 0.5) is 5.69 Å². The molecular weight excluding hydrogens is 216 g/mol. The summed E-state index contributed by atoms with van der Waals surface area (Å²) in [6.45, 7) is 4.89. The Balaban J connectivity index is 2.85. The van der Waals surface area contributed by atoms with Crippen molar-refractivity contribution < 1.29 is 9.47 Å². The number of hydrogen-bond donors (Lipinski definition) is 2. The normalized spacial score (nSPS) is 12.4. The van der Waals surface area contributed by atoms with Gasteiger partial charge in [-0.25, -0.2) is 0 Å². The molecule has 1 unspecified atom stereocenters. The van der Waals surface area contributed by atoms with Crippen molar-refractivity contribution in [2.45, 2.75) is 19.9 Å². The van der Waals surface area contributed by atoms with E-state index >= 15 is 0 Å². The molecule has 0 fully saturated rings. The fourth-order valence-corrected chi connectivity index (χ4v) is 1.64. The number of ether oxygens (including phenoxy) is 2. The smallest absolute Gasteiger partial charge is 0.162 e. The van der Waals surface area contributed by atoms with Crippen LogP contribution in [0, 0.1) is 5.92 Å². The minimum atomic E-state index is 0.258. The first-order valence-electron chi connectivity index (χ1n) is 5.81. The maximum Gasteiger partial charge on any atom is 0.162 e. The second-order valence-electron chi connectivity index (χ2n) is 4.30. The molecular formula is C13H22N2O2. The zero-order chi connectivity index (χ0) is 12.8. The molecule has 1 aromatic rings. The first kappa shape index (κ1) is 13.6. The molecule has 0 radical (unpaired) electrons. The lowest BCUT2D eigenvalue weighted by Gasteiger charge is -2.22. The minimum Gasteiger partial charge on any atom is -0.493 e. The average Bonchev–Trinajstić information content (AvgIpc) is 2.35. The van der Waals surface area contributed by atoms with E-state index in [1.165, 1.54) is 0 Å². The summed E-state index contributed by atoms with van der Waals surface area (Å²) in [5, 5.41) is 3.39. The van der Waals surface area contributed by atoms with Gasteiger partial charge in [0.15, 0.2) is 11.5 Å². The number of anilines is 1. The van der Waals surface area contributed by atoms with Crippen LogP contribution in [0.2, 0.25) is 0 Å². The van der Waals surface area contributed by atoms with Crippen molar-refractivity contribution in [1.29, 1.82) is 0 Å². The van der Waals surface area contributed by atoms with Crippen LogP contribution in [-0.2, 0) is 0 Å². The molecule has 96 valence electrons. The summed E-state index contributed by atoms with van der Waals surface area (Å²) in [5.41, 5.74) is 6.72. The molecule has 0 bridgehead atoms. The van der Waals surface area contributed by atoms with E-state index in [2.05, 4.69) is 19.2 Å². The molecule has 17 heavy (non-hydrogen) atoms. The molecule has 1 aromatic carbocycles. The van der Waals surface area contributed by atoms with Gasteiger partial charge >= 0.3 is 0 Å². The first-order chi connectivity index (χ1) is 8.12. The van der Waals surface area contributed by atoms with Gasteiger partial charge in [0.05, 0.1) is 14.2 Å². The van der Waals surface area contributed by atoms with Crippen molar-refractivity contribution >= 4 is 5.69 Å². The fraction of sp³-hybridized carbons (Fsp3) is 0.538. The Kier molecular flexibility index (Phi) is 5.10. The highest BCUT2D eigenvalue weighted by Crippen LogP contribution is 2.30. The van der Waals surface area contributed by atoms with E-state index in [1.54, 1.807) is 14.2 Å². The molecule has 1 rings (SSSR count). The zero-order valence-electron chi connectivity index (χ0n) is 11.0. The monoisotopic (exact) mass is 238 g/mol. The second-order valence-corrected chi connectivity index (χ2v) is 4.30. The van der Waals surface area contributed by atoms with Gasteiger partial charge < -0.3 is 20.5 Å². The van der Waals surface area contributed by atoms with E-state index in [1.807, 2.05) is 18.2 Å². The quantitative estimate of drug-likeness (QED) is 0.797. The van der Waals surface area contributed by atoms with Crippen molar-refractivity contribution in [3.8, 4) is 11.5 Å². The highest BCUT2D eigenvalue weighted by molar-refractivity contribution is 5.55. The second kappa shape index (κ2) is 6.35. The third-order valence-corrected chi connectivity index (χ3v) is 2.79. The zero-order valence-corrected chi connectivity index (χ0v) is 11.0. The van der Waals surface area contributed by atoms with E-state index in [0.717, 1.165) is 17.2 Å². The third kappa shape index (κ3) is 3.53. The highest BCUT2D eigenvalue weighted by Gasteiger charge is 2.12. The Morgan fingerprint density at radius 3 is 2.29 bits per heavy atom. The van der Waals surface area contributed by atoms with Crippen molar-refractivity contribution in [3.63, 3.8) is 0 Å². The van der Waals surface area contributed by atoms with E-state index in [-0.39, 0.29) is 6.04 Å². The maximum atomic E-state index is 5.73. The van der Waals surface area contributed by atoms with Crippen LogP contribution >= 0.6 is 0 Å². The predicted octanol–water partition coefficient (Wildman–Crippen LogP) is 2.10. The van der Waals surface area contributed by atoms with E-state index < -0.39 is 0 Å². The van der Waals surface area contributed by atoms with Crippen LogP contribution in [0.15, 0.2) is 18.2 Å². The highest BCUT2D eigenvalue weighted by atomic mass is 16.5. The predicted molar refractivity (Wildman–Crippen MR) is 70.8 cm³/mol. The Morgan fingerprint density at radius 1 is 1.18 bits per heavy atom. The molecule has 0 spiro atoms. The fourth-order valence-electron chi connectivity index (χ4n) is 1.64. The lowest BCUT2D eigenvalue weighted by Crippen LogP contribution is -2.33. The Hall–Kier alpha value is -1.42. The SMILES string of the molecule is COc1ccc(NC(CN)C(C)C)cc1OC. The molecule has 0 aromatic heterocycles. The van der Waals surface area contributed by atoms with Gasteiger partial charge in [-0.3, -0.25) is 0 Å². The van der Waals surface area contributed by atoms with Gasteiger partial charge in [-0.2, -0.15) is 0 Å². The number of nitrogens with one attached hydrogen (secondary N) is 1. The molecule has 0 aliphatic rings. The topological polar surface area (TPSA) is 56.5 Å². The lowest BCUT2D eigenvalue weighted by molar-refractivity contribution is 0.355. The summed E-state index contributed by atoms with van der Waals surface area (Å²) < 4.78 is 10.4. The number of benzene rings is 1. The van der Waals surface area contributed by atoms with E-state index in [0.29, 0.717) is 12.5 Å². The van der Waals surface area contributed by atoms with Gasteiger partial charge in [0.2, 0.25) is 0 Å². The van der Waals surface area contributed by atoms with Crippen LogP contribution in [0.5, 0.6) is 11.5 Å². The summed E-state index contributed by atoms with van der Waals surface area (Å²) >= 11 is 0. The number of methoxy groups -OCH3 is 2. The van der Waals surface area contributed by atoms with Crippen LogP contribution in [0.25, 0.3) is 0 Å². The largest absolute Gasteiger partial charge is 0.493 e. The Labute approximate surface area is 103 Å².